The molecule has 0 spiro atoms. The van der Waals surface area contributed by atoms with Crippen LogP contribution >= 0.6 is 0 Å². The van der Waals surface area contributed by atoms with Gasteiger partial charge in [0, 0.05) is 38.9 Å². The van der Waals surface area contributed by atoms with E-state index in [2.05, 4.69) is 25.2 Å². The quantitative estimate of drug-likeness (QED) is 0.770. The highest BCUT2D eigenvalue weighted by molar-refractivity contribution is 5.73. The van der Waals surface area contributed by atoms with Gasteiger partial charge in [-0.25, -0.2) is 0 Å². The Labute approximate surface area is 145 Å². The zero-order valence-electron chi connectivity index (χ0n) is 14.5. The van der Waals surface area contributed by atoms with Crippen molar-refractivity contribution in [2.75, 3.05) is 13.1 Å². The van der Waals surface area contributed by atoms with E-state index in [4.69, 9.17) is 8.94 Å². The van der Waals surface area contributed by atoms with Crippen molar-refractivity contribution in [2.24, 2.45) is 0 Å². The number of nitrogens with zero attached hydrogens (tertiary/aromatic N) is 6. The van der Waals surface area contributed by atoms with E-state index in [1.807, 2.05) is 4.90 Å². The average Bonchev–Trinajstić information content (AvgIpc) is 2.95. The van der Waals surface area contributed by atoms with Crippen LogP contribution in [0.1, 0.15) is 55.6 Å². The van der Waals surface area contributed by atoms with Crippen LogP contribution < -0.4 is 0 Å². The van der Waals surface area contributed by atoms with Crippen molar-refractivity contribution in [3.05, 3.63) is 23.5 Å². The van der Waals surface area contributed by atoms with Crippen molar-refractivity contribution in [2.45, 2.75) is 58.2 Å². The second-order valence-electron chi connectivity index (χ2n) is 6.86. The highest BCUT2D eigenvalue weighted by Gasteiger charge is 2.32. The standard InChI is InChI=1S/C16H22N6O3/c1-10-17-14(20-25-10)8-22(11(2)23)13-5-6-21(7-13)9-15-18-19-16(24-15)12-3-4-12/h12-13H,3-9H2,1-2H3/t13-/m1/s1. The summed E-state index contributed by atoms with van der Waals surface area (Å²) in [5.41, 5.74) is 0. The lowest BCUT2D eigenvalue weighted by molar-refractivity contribution is -0.131. The van der Waals surface area contributed by atoms with E-state index in [1.165, 1.54) is 0 Å². The molecule has 1 aliphatic carbocycles. The molecule has 2 fully saturated rings. The maximum atomic E-state index is 12.1. The van der Waals surface area contributed by atoms with Gasteiger partial charge >= 0.3 is 0 Å². The van der Waals surface area contributed by atoms with Crippen LogP contribution in [0.3, 0.4) is 0 Å². The van der Waals surface area contributed by atoms with Gasteiger partial charge in [-0.1, -0.05) is 5.16 Å². The maximum absolute atomic E-state index is 12.1. The first-order chi connectivity index (χ1) is 12.1. The minimum atomic E-state index is 0.0168. The van der Waals surface area contributed by atoms with E-state index >= 15 is 0 Å². The molecule has 1 amide bonds. The minimum absolute atomic E-state index is 0.0168. The Morgan fingerprint density at radius 1 is 1.32 bits per heavy atom. The predicted octanol–water partition coefficient (Wildman–Crippen LogP) is 1.26. The smallest absolute Gasteiger partial charge is 0.230 e. The van der Waals surface area contributed by atoms with E-state index in [9.17, 15) is 4.79 Å². The molecular formula is C16H22N6O3. The molecular weight excluding hydrogens is 324 g/mol. The lowest BCUT2D eigenvalue weighted by Crippen LogP contribution is -2.40. The SMILES string of the molecule is CC(=O)N(Cc1noc(C)n1)[C@@H]1CCN(Cc2nnc(C3CC3)o2)C1. The zero-order chi connectivity index (χ0) is 17.4. The summed E-state index contributed by atoms with van der Waals surface area (Å²) < 4.78 is 10.7. The molecule has 1 saturated heterocycles. The van der Waals surface area contributed by atoms with Crippen LogP contribution in [0.5, 0.6) is 0 Å². The molecule has 0 N–H and O–H groups in total. The Bertz CT molecular complexity index is 753. The molecule has 0 unspecified atom stereocenters. The fraction of sp³-hybridized carbons (Fsp3) is 0.688. The topological polar surface area (TPSA) is 101 Å². The highest BCUT2D eigenvalue weighted by Crippen LogP contribution is 2.39. The number of rotatable bonds is 6. The number of likely N-dealkylation sites (tertiary alicyclic amines) is 1. The zero-order valence-corrected chi connectivity index (χ0v) is 14.5. The first-order valence-corrected chi connectivity index (χ1v) is 8.69. The van der Waals surface area contributed by atoms with Gasteiger partial charge in [0.05, 0.1) is 13.1 Å². The van der Waals surface area contributed by atoms with Crippen molar-refractivity contribution in [1.82, 2.24) is 30.1 Å². The Kier molecular flexibility index (Phi) is 4.24. The van der Waals surface area contributed by atoms with Gasteiger partial charge in [0.1, 0.15) is 0 Å². The predicted molar refractivity (Wildman–Crippen MR) is 85.2 cm³/mol. The summed E-state index contributed by atoms with van der Waals surface area (Å²) >= 11 is 0. The van der Waals surface area contributed by atoms with Crippen LogP contribution in [0.4, 0.5) is 0 Å². The average molecular weight is 346 g/mol. The van der Waals surface area contributed by atoms with Gasteiger partial charge in [-0.05, 0) is 19.3 Å². The number of aryl methyl sites for hydroxylation is 1. The van der Waals surface area contributed by atoms with Crippen LogP contribution in [0.2, 0.25) is 0 Å². The number of hydrogen-bond donors (Lipinski definition) is 0. The summed E-state index contributed by atoms with van der Waals surface area (Å²) in [5, 5.41) is 12.2. The van der Waals surface area contributed by atoms with Crippen molar-refractivity contribution in [3.8, 4) is 0 Å². The molecule has 2 aliphatic rings. The van der Waals surface area contributed by atoms with E-state index in [0.29, 0.717) is 36.6 Å². The van der Waals surface area contributed by atoms with Crippen LogP contribution in [0.15, 0.2) is 8.94 Å². The Morgan fingerprint density at radius 2 is 2.16 bits per heavy atom. The summed E-state index contributed by atoms with van der Waals surface area (Å²) in [5.74, 6) is 2.96. The first-order valence-electron chi connectivity index (χ1n) is 8.69. The molecule has 1 aliphatic heterocycles. The van der Waals surface area contributed by atoms with Crippen molar-refractivity contribution < 1.29 is 13.7 Å². The van der Waals surface area contributed by atoms with Gasteiger partial charge in [0.2, 0.25) is 23.6 Å². The lowest BCUT2D eigenvalue weighted by atomic mass is 10.2. The summed E-state index contributed by atoms with van der Waals surface area (Å²) in [7, 11) is 0. The normalized spacial score (nSPS) is 21.0. The molecule has 3 heterocycles. The Morgan fingerprint density at radius 3 is 2.84 bits per heavy atom. The molecule has 2 aromatic rings. The van der Waals surface area contributed by atoms with Gasteiger partial charge in [-0.3, -0.25) is 9.69 Å². The van der Waals surface area contributed by atoms with Gasteiger partial charge < -0.3 is 13.8 Å². The second-order valence-corrected chi connectivity index (χ2v) is 6.86. The van der Waals surface area contributed by atoms with Crippen molar-refractivity contribution >= 4 is 5.91 Å². The maximum Gasteiger partial charge on any atom is 0.230 e. The van der Waals surface area contributed by atoms with Crippen LogP contribution in [-0.4, -0.2) is 55.2 Å². The minimum Gasteiger partial charge on any atom is -0.424 e. The van der Waals surface area contributed by atoms with Crippen molar-refractivity contribution in [1.29, 1.82) is 0 Å². The van der Waals surface area contributed by atoms with Crippen LogP contribution in [-0.2, 0) is 17.9 Å². The fourth-order valence-corrected chi connectivity index (χ4v) is 3.28. The first kappa shape index (κ1) is 16.2. The van der Waals surface area contributed by atoms with E-state index in [0.717, 1.165) is 38.2 Å². The van der Waals surface area contributed by atoms with E-state index in [1.54, 1.807) is 13.8 Å². The fourth-order valence-electron chi connectivity index (χ4n) is 3.28. The monoisotopic (exact) mass is 346 g/mol. The molecule has 9 heteroatoms. The molecule has 0 radical (unpaired) electrons. The molecule has 0 bridgehead atoms. The number of carbonyl (C=O) groups excluding carboxylic acids is 1. The second kappa shape index (κ2) is 6.55. The lowest BCUT2D eigenvalue weighted by Gasteiger charge is -2.26. The third-order valence-corrected chi connectivity index (χ3v) is 4.74. The third kappa shape index (κ3) is 3.71. The van der Waals surface area contributed by atoms with Gasteiger partial charge in [-0.2, -0.15) is 4.98 Å². The molecule has 9 nitrogen and oxygen atoms in total. The van der Waals surface area contributed by atoms with Crippen LogP contribution in [0, 0.1) is 6.92 Å². The molecule has 25 heavy (non-hydrogen) atoms. The van der Waals surface area contributed by atoms with Gasteiger partial charge in [0.25, 0.3) is 0 Å². The molecule has 1 saturated carbocycles. The largest absolute Gasteiger partial charge is 0.424 e. The number of hydrogen-bond acceptors (Lipinski definition) is 8. The molecule has 0 aromatic carbocycles. The molecule has 1 atom stereocenters. The third-order valence-electron chi connectivity index (χ3n) is 4.74. The highest BCUT2D eigenvalue weighted by atomic mass is 16.5. The summed E-state index contributed by atoms with van der Waals surface area (Å²) in [4.78, 5) is 20.3. The molecule has 4 rings (SSSR count). The number of carbonyl (C=O) groups is 1. The van der Waals surface area contributed by atoms with E-state index < -0.39 is 0 Å². The Balaban J connectivity index is 1.36. The number of aromatic nitrogens is 4. The van der Waals surface area contributed by atoms with Crippen molar-refractivity contribution in [3.63, 3.8) is 0 Å². The molecule has 134 valence electrons. The van der Waals surface area contributed by atoms with E-state index in [-0.39, 0.29) is 11.9 Å². The summed E-state index contributed by atoms with van der Waals surface area (Å²) in [6, 6.07) is 0.127. The van der Waals surface area contributed by atoms with Gasteiger partial charge in [-0.15, -0.1) is 10.2 Å². The molecule has 2 aromatic heterocycles. The Hall–Kier alpha value is -2.29. The summed E-state index contributed by atoms with van der Waals surface area (Å²) in [6.45, 7) is 5.99. The van der Waals surface area contributed by atoms with Crippen LogP contribution in [0.25, 0.3) is 0 Å². The number of amides is 1. The van der Waals surface area contributed by atoms with Gasteiger partial charge in [0.15, 0.2) is 5.82 Å². The summed E-state index contributed by atoms with van der Waals surface area (Å²) in [6.07, 6.45) is 3.20.